The summed E-state index contributed by atoms with van der Waals surface area (Å²) in [5.41, 5.74) is -2.65. The van der Waals surface area contributed by atoms with Crippen molar-refractivity contribution in [2.75, 3.05) is 6.61 Å². The van der Waals surface area contributed by atoms with E-state index in [0.717, 1.165) is 6.92 Å². The van der Waals surface area contributed by atoms with Crippen LogP contribution in [0.15, 0.2) is 21.9 Å². The van der Waals surface area contributed by atoms with Gasteiger partial charge in [-0.05, 0) is 0 Å². The minimum atomic E-state index is -8.90. The SMILES string of the molecule is CC1[C@@H](CO)O[C@@H](n2ccc(=O)[nH]c2=O)[C@H]1OC(=O)C(F)(F)C(F)(F)C(F)(F)C(F)(F)C(F)(F)C(F)(F)C(F)(F)C(F)(F)F. The molecule has 0 spiro atoms. The van der Waals surface area contributed by atoms with E-state index in [1.165, 1.54) is 4.98 Å². The second kappa shape index (κ2) is 10.8. The highest BCUT2D eigenvalue weighted by Crippen LogP contribution is 2.64. The van der Waals surface area contributed by atoms with Crippen LogP contribution in [0.4, 0.5) is 74.6 Å². The van der Waals surface area contributed by atoms with Gasteiger partial charge in [-0.15, -0.1) is 0 Å². The van der Waals surface area contributed by atoms with E-state index in [4.69, 9.17) is 4.74 Å². The van der Waals surface area contributed by atoms with Gasteiger partial charge in [0.1, 0.15) is 0 Å². The number of aliphatic hydroxyl groups is 1. The molecule has 2 N–H and O–H groups in total. The fourth-order valence-corrected chi connectivity index (χ4v) is 3.57. The van der Waals surface area contributed by atoms with Gasteiger partial charge in [-0.1, -0.05) is 6.92 Å². The average Bonchev–Trinajstić information content (AvgIpc) is 3.17. The van der Waals surface area contributed by atoms with Gasteiger partial charge in [0.2, 0.25) is 0 Å². The summed E-state index contributed by atoms with van der Waals surface area (Å²) in [5, 5.41) is 9.28. The van der Waals surface area contributed by atoms with Crippen molar-refractivity contribution in [2.24, 2.45) is 5.92 Å². The number of nitrogens with zero attached hydrogens (tertiary/aromatic N) is 1. The van der Waals surface area contributed by atoms with Crippen molar-refractivity contribution in [3.8, 4) is 0 Å². The molecule has 1 aliphatic heterocycles. The van der Waals surface area contributed by atoms with Crippen LogP contribution >= 0.6 is 0 Å². The zero-order valence-corrected chi connectivity index (χ0v) is 20.5. The number of aromatic nitrogens is 2. The monoisotopic (exact) mass is 688 g/mol. The molecule has 1 fully saturated rings. The number of ether oxygens (including phenoxy) is 2. The summed E-state index contributed by atoms with van der Waals surface area (Å²) in [5.74, 6) is -65.2. The maximum atomic E-state index is 14.3. The van der Waals surface area contributed by atoms with Crippen molar-refractivity contribution < 1.29 is 94.0 Å². The molecule has 8 nitrogen and oxygen atoms in total. The van der Waals surface area contributed by atoms with E-state index >= 15 is 0 Å². The van der Waals surface area contributed by atoms with Gasteiger partial charge in [0.15, 0.2) is 12.3 Å². The minimum Gasteiger partial charge on any atom is -0.453 e. The van der Waals surface area contributed by atoms with Crippen LogP contribution in [-0.2, 0) is 14.3 Å². The first kappa shape index (κ1) is 37.1. The number of nitrogens with one attached hydrogen (secondary N) is 1. The van der Waals surface area contributed by atoms with Gasteiger partial charge < -0.3 is 14.6 Å². The van der Waals surface area contributed by atoms with Crippen molar-refractivity contribution in [1.82, 2.24) is 9.55 Å². The maximum Gasteiger partial charge on any atom is 0.460 e. The minimum absolute atomic E-state index is 0.175. The lowest BCUT2D eigenvalue weighted by Gasteiger charge is -2.42. The van der Waals surface area contributed by atoms with Crippen molar-refractivity contribution in [1.29, 1.82) is 0 Å². The third-order valence-electron chi connectivity index (χ3n) is 6.23. The lowest BCUT2D eigenvalue weighted by atomic mass is 9.89. The Morgan fingerprint density at radius 3 is 1.66 bits per heavy atom. The van der Waals surface area contributed by atoms with Crippen LogP contribution in [0.2, 0.25) is 0 Å². The number of hydrogen-bond acceptors (Lipinski definition) is 6. The van der Waals surface area contributed by atoms with E-state index in [0.29, 0.717) is 12.3 Å². The summed E-state index contributed by atoms with van der Waals surface area (Å²) in [6.07, 6.45) is -14.0. The number of H-pyrrole nitrogens is 1. The maximum absolute atomic E-state index is 14.3. The van der Waals surface area contributed by atoms with E-state index in [-0.39, 0.29) is 4.57 Å². The summed E-state index contributed by atoms with van der Waals surface area (Å²) in [6.45, 7) is -0.357. The Morgan fingerprint density at radius 1 is 0.818 bits per heavy atom. The van der Waals surface area contributed by atoms with Crippen molar-refractivity contribution in [3.63, 3.8) is 0 Å². The molecule has 2 rings (SSSR count). The number of carbonyl (C=O) groups excluding carboxylic acids is 1. The molecule has 0 aliphatic carbocycles. The highest BCUT2D eigenvalue weighted by atomic mass is 19.4. The average molecular weight is 688 g/mol. The predicted octanol–water partition coefficient (Wildman–Crippen LogP) is 3.98. The van der Waals surface area contributed by atoms with Crippen molar-refractivity contribution in [3.05, 3.63) is 33.1 Å². The van der Waals surface area contributed by atoms with Crippen LogP contribution in [0.25, 0.3) is 0 Å². The van der Waals surface area contributed by atoms with Gasteiger partial charge in [-0.25, -0.2) is 9.59 Å². The Bertz CT molecular complexity index is 1350. The number of rotatable bonds is 10. The molecule has 44 heavy (non-hydrogen) atoms. The molecule has 4 atom stereocenters. The standard InChI is InChI=1S/C19H13F17N2O6/c1-5-6(4-39)43-9(38-3-2-7(40)37-11(38)42)8(5)44-10(41)12(20,21)13(22,23)14(24,25)15(26,27)16(28,29)17(30,31)18(32,33)19(34,35)36/h2-3,5-6,8-9,39H,4H2,1H3,(H,37,40,42)/t5?,6-,8+,9-/m1/s1. The molecule has 1 aliphatic rings. The number of hydrogen-bond donors (Lipinski definition) is 2. The molecule has 1 saturated heterocycles. The number of aliphatic hydroxyl groups excluding tert-OH is 1. The second-order valence-electron chi connectivity index (χ2n) is 9.01. The Hall–Kier alpha value is -3.12. The Labute approximate surface area is 229 Å². The largest absolute Gasteiger partial charge is 0.460 e. The number of esters is 1. The number of carbonyl (C=O) groups is 1. The van der Waals surface area contributed by atoms with Crippen LogP contribution in [0.3, 0.4) is 0 Å². The second-order valence-corrected chi connectivity index (χ2v) is 9.01. The first-order valence-corrected chi connectivity index (χ1v) is 10.9. The quantitative estimate of drug-likeness (QED) is 0.285. The molecule has 2 heterocycles. The van der Waals surface area contributed by atoms with Gasteiger partial charge >= 0.3 is 59.3 Å². The smallest absolute Gasteiger partial charge is 0.453 e. The fourth-order valence-electron chi connectivity index (χ4n) is 3.57. The Balaban J connectivity index is 2.57. The summed E-state index contributed by atoms with van der Waals surface area (Å²) < 4.78 is 238. The first-order chi connectivity index (χ1) is 19.4. The summed E-state index contributed by atoms with van der Waals surface area (Å²) in [4.78, 5) is 36.7. The van der Waals surface area contributed by atoms with Crippen LogP contribution in [0.5, 0.6) is 0 Å². The molecule has 1 aromatic rings. The Morgan fingerprint density at radius 2 is 1.25 bits per heavy atom. The number of halogens is 17. The van der Waals surface area contributed by atoms with E-state index in [1.54, 1.807) is 0 Å². The normalized spacial score (nSPS) is 23.2. The van der Waals surface area contributed by atoms with Gasteiger partial charge in [0.25, 0.3) is 5.56 Å². The van der Waals surface area contributed by atoms with E-state index in [9.17, 15) is 94.1 Å². The number of alkyl halides is 17. The van der Waals surface area contributed by atoms with Gasteiger partial charge in [0, 0.05) is 18.2 Å². The highest BCUT2D eigenvalue weighted by molar-refractivity contribution is 5.79. The van der Waals surface area contributed by atoms with E-state index in [1.807, 2.05) is 0 Å². The zero-order chi connectivity index (χ0) is 34.9. The van der Waals surface area contributed by atoms with Crippen LogP contribution in [0.1, 0.15) is 13.2 Å². The molecule has 0 bridgehead atoms. The molecule has 25 heteroatoms. The summed E-state index contributed by atoms with van der Waals surface area (Å²) in [6, 6.07) is 0.518. The third-order valence-corrected chi connectivity index (χ3v) is 6.23. The topological polar surface area (TPSA) is 111 Å². The van der Waals surface area contributed by atoms with Crippen molar-refractivity contribution in [2.45, 2.75) is 73.0 Å². The van der Waals surface area contributed by atoms with E-state index < -0.39 is 95.8 Å². The Kier molecular flexibility index (Phi) is 9.06. The lowest BCUT2D eigenvalue weighted by Crippen LogP contribution is -2.75. The van der Waals surface area contributed by atoms with E-state index in [2.05, 4.69) is 4.74 Å². The summed E-state index contributed by atoms with van der Waals surface area (Å²) >= 11 is 0. The highest BCUT2D eigenvalue weighted by Gasteiger charge is 2.96. The molecule has 1 unspecified atom stereocenters. The van der Waals surface area contributed by atoms with Gasteiger partial charge in [-0.3, -0.25) is 14.3 Å². The predicted molar refractivity (Wildman–Crippen MR) is 102 cm³/mol. The molecule has 0 radical (unpaired) electrons. The van der Waals surface area contributed by atoms with Crippen molar-refractivity contribution >= 4 is 5.97 Å². The first-order valence-electron chi connectivity index (χ1n) is 10.9. The molecule has 0 saturated carbocycles. The summed E-state index contributed by atoms with van der Waals surface area (Å²) in [7, 11) is 0. The molecular weight excluding hydrogens is 675 g/mol. The molecule has 1 aromatic heterocycles. The van der Waals surface area contributed by atoms with Crippen LogP contribution < -0.4 is 11.2 Å². The zero-order valence-electron chi connectivity index (χ0n) is 20.5. The molecular formula is C19H13F17N2O6. The lowest BCUT2D eigenvalue weighted by molar-refractivity contribution is -0.460. The number of aromatic amines is 1. The third kappa shape index (κ3) is 5.07. The fraction of sp³-hybridized carbons (Fsp3) is 0.737. The van der Waals surface area contributed by atoms with Crippen LogP contribution in [0, 0.1) is 5.92 Å². The molecule has 254 valence electrons. The van der Waals surface area contributed by atoms with Gasteiger partial charge in [0.05, 0.1) is 12.7 Å². The molecule has 0 amide bonds. The van der Waals surface area contributed by atoms with Gasteiger partial charge in [-0.2, -0.15) is 74.6 Å². The van der Waals surface area contributed by atoms with Crippen LogP contribution in [-0.4, -0.2) is 87.1 Å². The molecule has 0 aromatic carbocycles.